The van der Waals surface area contributed by atoms with Crippen molar-refractivity contribution in [2.45, 2.75) is 12.8 Å². The van der Waals surface area contributed by atoms with Gasteiger partial charge >= 0.3 is 6.18 Å². The van der Waals surface area contributed by atoms with Crippen molar-refractivity contribution in [3.05, 3.63) is 89.1 Å². The van der Waals surface area contributed by atoms with Crippen LogP contribution in [0.4, 0.5) is 22.0 Å². The topological polar surface area (TPSA) is 87.3 Å². The normalized spacial score (nSPS) is 11.6. The third-order valence-corrected chi connectivity index (χ3v) is 5.31. The molecule has 0 N–H and O–H groups in total. The summed E-state index contributed by atoms with van der Waals surface area (Å²) < 4.78 is 80.5. The lowest BCUT2D eigenvalue weighted by Crippen LogP contribution is -2.06. The molecule has 0 atom stereocenters. The molecule has 0 spiro atoms. The van der Waals surface area contributed by atoms with Crippen LogP contribution in [0.3, 0.4) is 0 Å². The van der Waals surface area contributed by atoms with Crippen LogP contribution in [0.1, 0.15) is 11.1 Å². The van der Waals surface area contributed by atoms with Crippen LogP contribution < -0.4 is 9.47 Å². The monoisotopic (exact) mass is 534 g/mol. The number of fused-ring (bicyclic) bond motifs is 1. The zero-order chi connectivity index (χ0) is 26.2. The van der Waals surface area contributed by atoms with E-state index in [1.54, 1.807) is 23.0 Å². The van der Waals surface area contributed by atoms with E-state index in [0.29, 0.717) is 17.5 Å². The van der Waals surface area contributed by atoms with E-state index in [0.717, 1.165) is 24.3 Å². The van der Waals surface area contributed by atoms with Gasteiger partial charge in [-0.15, -0.1) is 10.2 Å². The van der Waals surface area contributed by atoms with Crippen LogP contribution in [0.15, 0.2) is 61.3 Å². The molecule has 0 bridgehead atoms. The molecule has 37 heavy (non-hydrogen) atoms. The zero-order valence-corrected chi connectivity index (χ0v) is 19.0. The van der Waals surface area contributed by atoms with E-state index in [4.69, 9.17) is 21.1 Å². The average molecular weight is 535 g/mol. The summed E-state index contributed by atoms with van der Waals surface area (Å²) in [5, 5.41) is 7.44. The molecular weight excluding hydrogens is 523 g/mol. The largest absolute Gasteiger partial charge is 0.473 e. The second-order valence-electron chi connectivity index (χ2n) is 7.51. The molecule has 188 valence electrons. The molecule has 0 amide bonds. The van der Waals surface area contributed by atoms with Crippen LogP contribution in [-0.4, -0.2) is 29.5 Å². The minimum Gasteiger partial charge on any atom is -0.473 e. The summed E-state index contributed by atoms with van der Waals surface area (Å²) in [7, 11) is 0. The first kappa shape index (κ1) is 24.3. The fourth-order valence-electron chi connectivity index (χ4n) is 3.32. The molecule has 0 aliphatic carbocycles. The molecule has 0 saturated carbocycles. The highest BCUT2D eigenvalue weighted by Gasteiger charge is 2.33. The van der Waals surface area contributed by atoms with Gasteiger partial charge in [0, 0.05) is 24.7 Å². The Morgan fingerprint density at radius 1 is 0.946 bits per heavy atom. The molecular formula is C23H12ClF5N6O2. The Bertz CT molecular complexity index is 1570. The highest BCUT2D eigenvalue weighted by molar-refractivity contribution is 6.31. The van der Waals surface area contributed by atoms with Gasteiger partial charge in [0.2, 0.25) is 5.88 Å². The van der Waals surface area contributed by atoms with Gasteiger partial charge in [-0.25, -0.2) is 18.7 Å². The number of hydrogen-bond donors (Lipinski definition) is 0. The molecule has 0 unspecified atom stereocenters. The maximum atomic E-state index is 14.6. The summed E-state index contributed by atoms with van der Waals surface area (Å²) in [6, 6.07) is 5.92. The van der Waals surface area contributed by atoms with Crippen LogP contribution >= 0.6 is 11.6 Å². The van der Waals surface area contributed by atoms with E-state index in [2.05, 4.69) is 25.1 Å². The van der Waals surface area contributed by atoms with Crippen LogP contribution in [0, 0.1) is 11.6 Å². The lowest BCUT2D eigenvalue weighted by atomic mass is 10.2. The fourth-order valence-corrected chi connectivity index (χ4v) is 3.54. The second-order valence-corrected chi connectivity index (χ2v) is 7.91. The molecule has 3 aromatic heterocycles. The van der Waals surface area contributed by atoms with E-state index in [1.807, 2.05) is 0 Å². The maximum absolute atomic E-state index is 14.6. The SMILES string of the molecule is Fc1cc(COc2ccn3c(-c4cncnc4)nnc3n2)cc(F)c1Oc1ccc(Cl)c(C(F)(F)F)c1. The van der Waals surface area contributed by atoms with Gasteiger partial charge in [0.05, 0.1) is 16.1 Å². The second kappa shape index (κ2) is 9.58. The Labute approximate surface area is 209 Å². The van der Waals surface area contributed by atoms with Crippen molar-refractivity contribution in [1.29, 1.82) is 0 Å². The molecule has 0 fully saturated rings. The summed E-state index contributed by atoms with van der Waals surface area (Å²) in [4.78, 5) is 12.1. The number of ether oxygens (including phenoxy) is 2. The standard InChI is InChI=1S/C23H12ClF5N6O2/c24-16-2-1-14(7-15(16)23(27,28)29)37-20-17(25)5-12(6-18(20)26)10-36-19-3-4-35-21(33-34-22(35)32-19)13-8-30-11-31-9-13/h1-9,11H,10H2. The van der Waals surface area contributed by atoms with Crippen molar-refractivity contribution in [3.63, 3.8) is 0 Å². The summed E-state index contributed by atoms with van der Waals surface area (Å²) in [5.41, 5.74) is -0.495. The molecule has 2 aromatic carbocycles. The highest BCUT2D eigenvalue weighted by Crippen LogP contribution is 2.38. The van der Waals surface area contributed by atoms with Crippen molar-refractivity contribution in [2.24, 2.45) is 0 Å². The molecule has 0 aliphatic heterocycles. The molecule has 0 aliphatic rings. The van der Waals surface area contributed by atoms with Gasteiger partial charge in [0.15, 0.2) is 23.2 Å². The van der Waals surface area contributed by atoms with Crippen LogP contribution in [0.2, 0.25) is 5.02 Å². The van der Waals surface area contributed by atoms with Crippen molar-refractivity contribution < 1.29 is 31.4 Å². The van der Waals surface area contributed by atoms with Crippen LogP contribution in [-0.2, 0) is 12.8 Å². The lowest BCUT2D eigenvalue weighted by molar-refractivity contribution is -0.137. The predicted octanol–water partition coefficient (Wildman–Crippen LogP) is 5.90. The Hall–Kier alpha value is -4.39. The predicted molar refractivity (Wildman–Crippen MR) is 119 cm³/mol. The molecule has 5 aromatic rings. The molecule has 5 rings (SSSR count). The third kappa shape index (κ3) is 5.11. The van der Waals surface area contributed by atoms with E-state index in [9.17, 15) is 22.0 Å². The van der Waals surface area contributed by atoms with Crippen molar-refractivity contribution in [2.75, 3.05) is 0 Å². The minimum atomic E-state index is -4.77. The smallest absolute Gasteiger partial charge is 0.417 e. The van der Waals surface area contributed by atoms with Crippen molar-refractivity contribution in [3.8, 4) is 28.8 Å². The number of nitrogens with zero attached hydrogens (tertiary/aromatic N) is 6. The highest BCUT2D eigenvalue weighted by atomic mass is 35.5. The number of halogens is 6. The van der Waals surface area contributed by atoms with Gasteiger partial charge in [0.25, 0.3) is 5.78 Å². The van der Waals surface area contributed by atoms with E-state index < -0.39 is 39.9 Å². The lowest BCUT2D eigenvalue weighted by Gasteiger charge is -2.13. The summed E-state index contributed by atoms with van der Waals surface area (Å²) in [5.74, 6) is -2.82. The average Bonchev–Trinajstić information content (AvgIpc) is 3.29. The third-order valence-electron chi connectivity index (χ3n) is 4.98. The number of alkyl halides is 3. The Balaban J connectivity index is 1.31. The van der Waals surface area contributed by atoms with Crippen LogP contribution in [0.5, 0.6) is 17.4 Å². The summed E-state index contributed by atoms with van der Waals surface area (Å²) >= 11 is 5.56. The van der Waals surface area contributed by atoms with E-state index in [1.165, 1.54) is 12.4 Å². The first-order chi connectivity index (χ1) is 17.7. The van der Waals surface area contributed by atoms with Gasteiger partial charge in [-0.05, 0) is 35.9 Å². The Morgan fingerprint density at radius 2 is 1.68 bits per heavy atom. The Morgan fingerprint density at radius 3 is 2.38 bits per heavy atom. The molecule has 0 saturated heterocycles. The van der Waals surface area contributed by atoms with Gasteiger partial charge in [-0.2, -0.15) is 18.2 Å². The minimum absolute atomic E-state index is 0.0831. The first-order valence-corrected chi connectivity index (χ1v) is 10.7. The van der Waals surface area contributed by atoms with Gasteiger partial charge in [-0.3, -0.25) is 4.40 Å². The van der Waals surface area contributed by atoms with Crippen molar-refractivity contribution >= 4 is 17.4 Å². The van der Waals surface area contributed by atoms with Gasteiger partial charge in [0.1, 0.15) is 18.7 Å². The zero-order valence-electron chi connectivity index (χ0n) is 18.2. The molecule has 0 radical (unpaired) electrons. The van der Waals surface area contributed by atoms with E-state index in [-0.39, 0.29) is 23.8 Å². The fraction of sp³-hybridized carbons (Fsp3) is 0.0870. The van der Waals surface area contributed by atoms with Gasteiger partial charge in [-0.1, -0.05) is 11.6 Å². The quantitative estimate of drug-likeness (QED) is 0.251. The number of aromatic nitrogens is 6. The first-order valence-electron chi connectivity index (χ1n) is 10.3. The summed E-state index contributed by atoms with van der Waals surface area (Å²) in [6.45, 7) is -0.274. The maximum Gasteiger partial charge on any atom is 0.417 e. The molecule has 14 heteroatoms. The van der Waals surface area contributed by atoms with Gasteiger partial charge < -0.3 is 9.47 Å². The Kier molecular flexibility index (Phi) is 6.29. The van der Waals surface area contributed by atoms with Crippen molar-refractivity contribution in [1.82, 2.24) is 29.5 Å². The molecule has 3 heterocycles. The molecule has 8 nitrogen and oxygen atoms in total. The number of hydrogen-bond acceptors (Lipinski definition) is 7. The number of rotatable bonds is 6. The van der Waals surface area contributed by atoms with E-state index >= 15 is 0 Å². The number of benzene rings is 2. The summed E-state index contributed by atoms with van der Waals surface area (Å²) in [6.07, 6.45) is 1.33. The van der Waals surface area contributed by atoms with Crippen LogP contribution in [0.25, 0.3) is 17.2 Å².